The number of primary sulfonamides is 1. The lowest BCUT2D eigenvalue weighted by molar-refractivity contribution is 0.0947. The molecular weight excluding hydrogens is 473 g/mol. The number of rotatable bonds is 7. The van der Waals surface area contributed by atoms with Crippen LogP contribution in [0.15, 0.2) is 53.7 Å². The van der Waals surface area contributed by atoms with Crippen LogP contribution in [0.4, 0.5) is 10.2 Å². The molecule has 0 saturated heterocycles. The summed E-state index contributed by atoms with van der Waals surface area (Å²) in [5.74, 6) is -0.624. The smallest absolute Gasteiger partial charge is 0.272 e. The summed E-state index contributed by atoms with van der Waals surface area (Å²) in [7, 11) is -3.76. The number of H-pyrrole nitrogens is 1. The maximum atomic E-state index is 13.3. The van der Waals surface area contributed by atoms with Crippen LogP contribution in [0.1, 0.15) is 21.6 Å². The molecule has 0 saturated carbocycles. The van der Waals surface area contributed by atoms with E-state index in [0.717, 1.165) is 5.56 Å². The van der Waals surface area contributed by atoms with Gasteiger partial charge >= 0.3 is 0 Å². The van der Waals surface area contributed by atoms with Gasteiger partial charge in [0.05, 0.1) is 9.92 Å². The molecule has 0 aliphatic rings. The molecule has 0 radical (unpaired) electrons. The quantitative estimate of drug-likeness (QED) is 0.310. The van der Waals surface area contributed by atoms with Gasteiger partial charge in [0.25, 0.3) is 5.91 Å². The van der Waals surface area contributed by atoms with Crippen molar-refractivity contribution in [1.82, 2.24) is 25.5 Å². The van der Waals surface area contributed by atoms with Gasteiger partial charge in [-0.15, -0.1) is 0 Å². The van der Waals surface area contributed by atoms with Crippen LogP contribution in [0.25, 0.3) is 11.0 Å². The molecule has 0 unspecified atom stereocenters. The van der Waals surface area contributed by atoms with Gasteiger partial charge in [-0.1, -0.05) is 29.8 Å². The molecule has 0 bridgehead atoms. The Morgan fingerprint density at radius 2 is 1.82 bits per heavy atom. The van der Waals surface area contributed by atoms with Crippen molar-refractivity contribution < 1.29 is 17.6 Å². The first-order valence-corrected chi connectivity index (χ1v) is 11.4. The number of benzene rings is 2. The molecule has 2 aromatic carbocycles. The molecule has 2 heterocycles. The molecule has 4 aromatic rings. The van der Waals surface area contributed by atoms with Crippen LogP contribution in [0.5, 0.6) is 0 Å². The Hall–Kier alpha value is -3.61. The SMILES string of the molecule is NS(=O)(=O)c1ccc(CNc2n[nH]c3c(C(=O)NCc4ccc(F)c(Cl)c4)ncnc23)cc1. The van der Waals surface area contributed by atoms with E-state index in [4.69, 9.17) is 16.7 Å². The summed E-state index contributed by atoms with van der Waals surface area (Å²) in [6.07, 6.45) is 1.24. The number of carbonyl (C=O) groups is 1. The van der Waals surface area contributed by atoms with E-state index in [1.165, 1.54) is 36.7 Å². The maximum absolute atomic E-state index is 13.3. The first-order chi connectivity index (χ1) is 15.7. The first-order valence-electron chi connectivity index (χ1n) is 9.49. The minimum atomic E-state index is -3.76. The number of anilines is 1. The highest BCUT2D eigenvalue weighted by Crippen LogP contribution is 2.21. The van der Waals surface area contributed by atoms with Crippen molar-refractivity contribution in [2.75, 3.05) is 5.32 Å². The van der Waals surface area contributed by atoms with Crippen molar-refractivity contribution >= 4 is 44.4 Å². The Morgan fingerprint density at radius 3 is 2.52 bits per heavy atom. The number of aromatic nitrogens is 4. The fourth-order valence-electron chi connectivity index (χ4n) is 3.03. The molecule has 0 aliphatic carbocycles. The van der Waals surface area contributed by atoms with Crippen molar-refractivity contribution in [3.8, 4) is 0 Å². The van der Waals surface area contributed by atoms with E-state index in [0.29, 0.717) is 29.0 Å². The number of carbonyl (C=O) groups excluding carboxylic acids is 1. The Balaban J connectivity index is 1.46. The monoisotopic (exact) mass is 489 g/mol. The summed E-state index contributed by atoms with van der Waals surface area (Å²) in [5, 5.41) is 17.8. The predicted octanol–water partition coefficient (Wildman–Crippen LogP) is 2.33. The Bertz CT molecular complexity index is 1440. The van der Waals surface area contributed by atoms with E-state index in [1.807, 2.05) is 0 Å². The van der Waals surface area contributed by atoms with Crippen LogP contribution in [-0.4, -0.2) is 34.5 Å². The van der Waals surface area contributed by atoms with Gasteiger partial charge in [0.2, 0.25) is 10.0 Å². The zero-order valence-electron chi connectivity index (χ0n) is 16.8. The number of nitrogens with one attached hydrogen (secondary N) is 3. The number of fused-ring (bicyclic) bond motifs is 1. The molecule has 170 valence electrons. The summed E-state index contributed by atoms with van der Waals surface area (Å²) in [6.45, 7) is 0.444. The second kappa shape index (κ2) is 9.10. The molecule has 0 fully saturated rings. The lowest BCUT2D eigenvalue weighted by atomic mass is 10.2. The number of hydrogen-bond acceptors (Lipinski definition) is 7. The summed E-state index contributed by atoms with van der Waals surface area (Å²) < 4.78 is 36.0. The largest absolute Gasteiger partial charge is 0.363 e. The summed E-state index contributed by atoms with van der Waals surface area (Å²) in [5.41, 5.74) is 2.23. The van der Waals surface area contributed by atoms with Crippen molar-refractivity contribution in [1.29, 1.82) is 0 Å². The fourth-order valence-corrected chi connectivity index (χ4v) is 3.75. The van der Waals surface area contributed by atoms with Crippen molar-refractivity contribution in [3.05, 3.63) is 76.5 Å². The highest BCUT2D eigenvalue weighted by atomic mass is 35.5. The van der Waals surface area contributed by atoms with Gasteiger partial charge in [-0.3, -0.25) is 9.89 Å². The molecule has 4 rings (SSSR count). The lowest BCUT2D eigenvalue weighted by Crippen LogP contribution is -2.24. The summed E-state index contributed by atoms with van der Waals surface area (Å²) >= 11 is 5.77. The van der Waals surface area contributed by atoms with E-state index < -0.39 is 21.7 Å². The number of hydrogen-bond donors (Lipinski definition) is 4. The van der Waals surface area contributed by atoms with Crippen LogP contribution in [0.3, 0.4) is 0 Å². The van der Waals surface area contributed by atoms with Gasteiger partial charge in [-0.05, 0) is 35.4 Å². The molecule has 33 heavy (non-hydrogen) atoms. The van der Waals surface area contributed by atoms with E-state index in [9.17, 15) is 17.6 Å². The summed E-state index contributed by atoms with van der Waals surface area (Å²) in [6, 6.07) is 10.2. The summed E-state index contributed by atoms with van der Waals surface area (Å²) in [4.78, 5) is 20.9. The second-order valence-electron chi connectivity index (χ2n) is 6.99. The van der Waals surface area contributed by atoms with Gasteiger partial charge in [0.15, 0.2) is 11.5 Å². The normalized spacial score (nSPS) is 11.5. The van der Waals surface area contributed by atoms with Crippen molar-refractivity contribution in [2.45, 2.75) is 18.0 Å². The standard InChI is InChI=1S/C20H17ClFN7O3S/c21-14-7-12(3-6-15(14)22)9-25-20(30)18-16-17(26-10-27-18)19(29-28-16)24-8-11-1-4-13(5-2-11)33(23,31)32/h1-7,10H,8-9H2,(H,25,30)(H2,23,31,32)(H2,24,28,29). The van der Waals surface area contributed by atoms with Crippen LogP contribution in [0, 0.1) is 5.82 Å². The molecule has 2 aromatic heterocycles. The third-order valence-corrected chi connectivity index (χ3v) is 5.93. The highest BCUT2D eigenvalue weighted by molar-refractivity contribution is 7.89. The minimum Gasteiger partial charge on any atom is -0.363 e. The van der Waals surface area contributed by atoms with Crippen molar-refractivity contribution in [2.24, 2.45) is 5.14 Å². The van der Waals surface area contributed by atoms with Crippen LogP contribution >= 0.6 is 11.6 Å². The van der Waals surface area contributed by atoms with Crippen LogP contribution in [-0.2, 0) is 23.1 Å². The van der Waals surface area contributed by atoms with Crippen LogP contribution < -0.4 is 15.8 Å². The van der Waals surface area contributed by atoms with E-state index in [1.54, 1.807) is 12.1 Å². The Labute approximate surface area is 192 Å². The lowest BCUT2D eigenvalue weighted by Gasteiger charge is -2.07. The van der Waals surface area contributed by atoms with Gasteiger partial charge in [0, 0.05) is 13.1 Å². The van der Waals surface area contributed by atoms with E-state index >= 15 is 0 Å². The number of nitrogens with two attached hydrogens (primary N) is 1. The number of sulfonamides is 1. The maximum Gasteiger partial charge on any atom is 0.272 e. The molecule has 13 heteroatoms. The fraction of sp³-hybridized carbons (Fsp3) is 0.100. The van der Waals surface area contributed by atoms with E-state index in [2.05, 4.69) is 30.8 Å². The van der Waals surface area contributed by atoms with E-state index in [-0.39, 0.29) is 22.2 Å². The van der Waals surface area contributed by atoms with Gasteiger partial charge in [0.1, 0.15) is 23.2 Å². The third kappa shape index (κ3) is 5.08. The number of halogens is 2. The van der Waals surface area contributed by atoms with Gasteiger partial charge in [-0.2, -0.15) is 5.10 Å². The number of nitrogens with zero attached hydrogens (tertiary/aromatic N) is 3. The molecule has 0 aliphatic heterocycles. The van der Waals surface area contributed by atoms with Crippen molar-refractivity contribution in [3.63, 3.8) is 0 Å². The van der Waals surface area contributed by atoms with Crippen LogP contribution in [0.2, 0.25) is 5.02 Å². The topological polar surface area (TPSA) is 156 Å². The zero-order chi connectivity index (χ0) is 23.6. The number of amides is 1. The predicted molar refractivity (Wildman–Crippen MR) is 119 cm³/mol. The average Bonchev–Trinajstić information content (AvgIpc) is 3.21. The Morgan fingerprint density at radius 1 is 1.09 bits per heavy atom. The molecule has 5 N–H and O–H groups in total. The van der Waals surface area contributed by atoms with Gasteiger partial charge in [-0.25, -0.2) is 27.9 Å². The highest BCUT2D eigenvalue weighted by Gasteiger charge is 2.17. The first kappa shape index (κ1) is 22.6. The molecule has 0 spiro atoms. The molecular formula is C20H17ClFN7O3S. The van der Waals surface area contributed by atoms with Gasteiger partial charge < -0.3 is 10.6 Å². The second-order valence-corrected chi connectivity index (χ2v) is 8.96. The number of aromatic amines is 1. The molecule has 0 atom stereocenters. The minimum absolute atomic E-state index is 0.0165. The zero-order valence-corrected chi connectivity index (χ0v) is 18.4. The molecule has 10 nitrogen and oxygen atoms in total. The average molecular weight is 490 g/mol. The Kier molecular flexibility index (Phi) is 6.22. The molecule has 1 amide bonds. The third-order valence-electron chi connectivity index (χ3n) is 4.72.